The Labute approximate surface area is 118 Å². The van der Waals surface area contributed by atoms with Gasteiger partial charge in [0.1, 0.15) is 11.6 Å². The van der Waals surface area contributed by atoms with E-state index in [2.05, 4.69) is 25.8 Å². The second kappa shape index (κ2) is 6.42. The summed E-state index contributed by atoms with van der Waals surface area (Å²) in [5, 5.41) is 9.03. The number of aromatic nitrogens is 3. The van der Waals surface area contributed by atoms with Crippen LogP contribution in [-0.4, -0.2) is 28.2 Å². The second-order valence-corrected chi connectivity index (χ2v) is 4.17. The van der Waals surface area contributed by atoms with Crippen LogP contribution in [-0.2, 0) is 12.6 Å². The number of hydrogen-bond donors (Lipinski definition) is 2. The fourth-order valence-electron chi connectivity index (χ4n) is 1.66. The molecule has 9 heteroatoms. The van der Waals surface area contributed by atoms with Crippen LogP contribution in [0.3, 0.4) is 0 Å². The van der Waals surface area contributed by atoms with Crippen LogP contribution < -0.4 is 10.6 Å². The smallest absolute Gasteiger partial charge is 0.370 e. The Morgan fingerprint density at radius 1 is 1.19 bits per heavy atom. The van der Waals surface area contributed by atoms with Crippen molar-refractivity contribution < 1.29 is 17.7 Å². The maximum absolute atomic E-state index is 12.8. The molecule has 21 heavy (non-hydrogen) atoms. The predicted octanol–water partition coefficient (Wildman–Crippen LogP) is 2.57. The first kappa shape index (κ1) is 15.1. The third-order valence-electron chi connectivity index (χ3n) is 2.56. The number of pyridine rings is 1. The quantitative estimate of drug-likeness (QED) is 0.854. The van der Waals surface area contributed by atoms with Crippen molar-refractivity contribution in [3.05, 3.63) is 29.9 Å². The van der Waals surface area contributed by atoms with E-state index in [9.17, 15) is 13.2 Å². The van der Waals surface area contributed by atoms with Gasteiger partial charge in [-0.1, -0.05) is 5.16 Å². The Bertz CT molecular complexity index is 571. The molecule has 0 saturated heterocycles. The van der Waals surface area contributed by atoms with Crippen molar-refractivity contribution in [2.75, 3.05) is 23.7 Å². The molecular formula is C12H14F3N5O. The normalized spacial score (nSPS) is 11.4. The van der Waals surface area contributed by atoms with Gasteiger partial charge in [0.2, 0.25) is 5.89 Å². The van der Waals surface area contributed by atoms with Gasteiger partial charge < -0.3 is 15.2 Å². The molecule has 0 amide bonds. The van der Waals surface area contributed by atoms with Gasteiger partial charge in [0.25, 0.3) is 0 Å². The lowest BCUT2D eigenvalue weighted by Crippen LogP contribution is -2.12. The van der Waals surface area contributed by atoms with Crippen molar-refractivity contribution in [3.8, 4) is 0 Å². The molecule has 2 N–H and O–H groups in total. The fraction of sp³-hybridized carbons (Fsp3) is 0.417. The van der Waals surface area contributed by atoms with E-state index in [0.717, 1.165) is 12.1 Å². The SMILES string of the molecule is CCNc1cc(C(F)(F)F)cc(NCCc2ncno2)n1. The van der Waals surface area contributed by atoms with E-state index in [1.54, 1.807) is 6.92 Å². The maximum Gasteiger partial charge on any atom is 0.416 e. The predicted molar refractivity (Wildman–Crippen MR) is 69.9 cm³/mol. The molecule has 114 valence electrons. The topological polar surface area (TPSA) is 75.9 Å². The van der Waals surface area contributed by atoms with Crippen LogP contribution in [0.4, 0.5) is 24.8 Å². The Morgan fingerprint density at radius 2 is 1.90 bits per heavy atom. The fourth-order valence-corrected chi connectivity index (χ4v) is 1.66. The van der Waals surface area contributed by atoms with Crippen LogP contribution in [0.5, 0.6) is 0 Å². The third kappa shape index (κ3) is 4.33. The van der Waals surface area contributed by atoms with Gasteiger partial charge >= 0.3 is 6.18 Å². The average molecular weight is 301 g/mol. The summed E-state index contributed by atoms with van der Waals surface area (Å²) in [6.45, 7) is 2.60. The van der Waals surface area contributed by atoms with Gasteiger partial charge in [-0.2, -0.15) is 18.2 Å². The molecule has 2 aromatic heterocycles. The Balaban J connectivity index is 2.08. The van der Waals surface area contributed by atoms with E-state index in [0.29, 0.717) is 25.4 Å². The first-order valence-corrected chi connectivity index (χ1v) is 6.31. The van der Waals surface area contributed by atoms with Gasteiger partial charge in [-0.05, 0) is 19.1 Å². The standard InChI is InChI=1S/C12H14F3N5O/c1-2-16-9-5-8(12(13,14)15)6-10(20-9)17-4-3-11-18-7-19-21-11/h5-7H,2-4H2,1H3,(H2,16,17,20). The van der Waals surface area contributed by atoms with E-state index in [1.807, 2.05) is 0 Å². The van der Waals surface area contributed by atoms with Gasteiger partial charge in [0.05, 0.1) is 5.56 Å². The molecule has 0 spiro atoms. The van der Waals surface area contributed by atoms with Crippen molar-refractivity contribution in [2.24, 2.45) is 0 Å². The average Bonchev–Trinajstić information content (AvgIpc) is 2.91. The van der Waals surface area contributed by atoms with Crippen LogP contribution in [0.2, 0.25) is 0 Å². The highest BCUT2D eigenvalue weighted by molar-refractivity contribution is 5.49. The van der Waals surface area contributed by atoms with Crippen LogP contribution in [0.1, 0.15) is 18.4 Å². The first-order valence-electron chi connectivity index (χ1n) is 6.31. The van der Waals surface area contributed by atoms with Crippen LogP contribution >= 0.6 is 0 Å². The zero-order chi connectivity index (χ0) is 15.3. The molecular weight excluding hydrogens is 287 g/mol. The highest BCUT2D eigenvalue weighted by Crippen LogP contribution is 2.32. The minimum Gasteiger partial charge on any atom is -0.370 e. The van der Waals surface area contributed by atoms with Crippen molar-refractivity contribution in [1.29, 1.82) is 0 Å². The maximum atomic E-state index is 12.8. The molecule has 0 radical (unpaired) electrons. The summed E-state index contributed by atoms with van der Waals surface area (Å²) in [6, 6.07) is 1.95. The molecule has 0 aliphatic rings. The molecule has 0 fully saturated rings. The highest BCUT2D eigenvalue weighted by atomic mass is 19.4. The molecule has 0 atom stereocenters. The van der Waals surface area contributed by atoms with Gasteiger partial charge in [0, 0.05) is 19.5 Å². The van der Waals surface area contributed by atoms with E-state index in [-0.39, 0.29) is 11.6 Å². The van der Waals surface area contributed by atoms with E-state index in [1.165, 1.54) is 6.33 Å². The first-order chi connectivity index (χ1) is 9.99. The van der Waals surface area contributed by atoms with Crippen LogP contribution in [0.15, 0.2) is 23.0 Å². The van der Waals surface area contributed by atoms with Gasteiger partial charge in [0.15, 0.2) is 6.33 Å². The Morgan fingerprint density at radius 3 is 2.48 bits per heavy atom. The number of nitrogens with zero attached hydrogens (tertiary/aromatic N) is 3. The van der Waals surface area contributed by atoms with Crippen molar-refractivity contribution in [3.63, 3.8) is 0 Å². The lowest BCUT2D eigenvalue weighted by molar-refractivity contribution is -0.137. The summed E-state index contributed by atoms with van der Waals surface area (Å²) in [5.41, 5.74) is -0.756. The van der Waals surface area contributed by atoms with Gasteiger partial charge in [-0.15, -0.1) is 0 Å². The van der Waals surface area contributed by atoms with E-state index in [4.69, 9.17) is 4.52 Å². The van der Waals surface area contributed by atoms with Crippen molar-refractivity contribution in [2.45, 2.75) is 19.5 Å². The summed E-state index contributed by atoms with van der Waals surface area (Å²) in [5.74, 6) is 0.717. The van der Waals surface area contributed by atoms with Crippen molar-refractivity contribution >= 4 is 11.6 Å². The number of alkyl halides is 3. The molecule has 0 aliphatic heterocycles. The number of anilines is 2. The second-order valence-electron chi connectivity index (χ2n) is 4.17. The summed E-state index contributed by atoms with van der Waals surface area (Å²) in [4.78, 5) is 7.89. The minimum absolute atomic E-state index is 0.139. The summed E-state index contributed by atoms with van der Waals surface area (Å²) < 4.78 is 43.2. The van der Waals surface area contributed by atoms with E-state index >= 15 is 0 Å². The number of halogens is 3. The zero-order valence-electron chi connectivity index (χ0n) is 11.2. The zero-order valence-corrected chi connectivity index (χ0v) is 11.2. The molecule has 6 nitrogen and oxygen atoms in total. The Hall–Kier alpha value is -2.32. The minimum atomic E-state index is -4.42. The number of nitrogens with one attached hydrogen (secondary N) is 2. The largest absolute Gasteiger partial charge is 0.416 e. The molecule has 0 aromatic carbocycles. The number of hydrogen-bond acceptors (Lipinski definition) is 6. The Kier molecular flexibility index (Phi) is 4.61. The molecule has 2 heterocycles. The van der Waals surface area contributed by atoms with Crippen LogP contribution in [0, 0.1) is 0 Å². The molecule has 2 aromatic rings. The molecule has 0 unspecified atom stereocenters. The third-order valence-corrected chi connectivity index (χ3v) is 2.56. The number of rotatable bonds is 6. The summed E-state index contributed by atoms with van der Waals surface area (Å²) >= 11 is 0. The van der Waals surface area contributed by atoms with Crippen LogP contribution in [0.25, 0.3) is 0 Å². The van der Waals surface area contributed by atoms with E-state index < -0.39 is 11.7 Å². The van der Waals surface area contributed by atoms with Gasteiger partial charge in [-0.25, -0.2) is 4.98 Å². The molecule has 0 bridgehead atoms. The highest BCUT2D eigenvalue weighted by Gasteiger charge is 2.31. The monoisotopic (exact) mass is 301 g/mol. The van der Waals surface area contributed by atoms with Crippen molar-refractivity contribution in [1.82, 2.24) is 15.1 Å². The van der Waals surface area contributed by atoms with Gasteiger partial charge in [-0.3, -0.25) is 0 Å². The lowest BCUT2D eigenvalue weighted by atomic mass is 10.2. The summed E-state index contributed by atoms with van der Waals surface area (Å²) in [6.07, 6.45) is -2.76. The molecule has 0 saturated carbocycles. The lowest BCUT2D eigenvalue weighted by Gasteiger charge is -2.12. The summed E-state index contributed by atoms with van der Waals surface area (Å²) in [7, 11) is 0. The molecule has 2 rings (SSSR count). The molecule has 0 aliphatic carbocycles.